The lowest BCUT2D eigenvalue weighted by atomic mass is 10.1. The molecule has 1 atom stereocenters. The van der Waals surface area contributed by atoms with E-state index in [0.717, 1.165) is 22.3 Å². The van der Waals surface area contributed by atoms with Crippen LogP contribution in [0.3, 0.4) is 0 Å². The standard InChI is InChI=1S/C16H15N5O/c1-22-11-8-6-10(7-9-11)14-19-15(17)20-16-18-12-4-2-3-5-13(12)21(14)16/h2-9,14H,1H3,(H3,17,18,19,20)/t14-/m1/s1. The number of nitrogens with zero attached hydrogens (tertiary/aromatic N) is 3. The van der Waals surface area contributed by atoms with Crippen LogP contribution in [0.5, 0.6) is 5.75 Å². The Morgan fingerprint density at radius 1 is 1.14 bits per heavy atom. The highest BCUT2D eigenvalue weighted by molar-refractivity contribution is 5.94. The molecule has 110 valence electrons. The van der Waals surface area contributed by atoms with E-state index in [-0.39, 0.29) is 6.17 Å². The number of guanidine groups is 1. The fourth-order valence-electron chi connectivity index (χ4n) is 2.72. The molecule has 6 heteroatoms. The number of hydrogen-bond donors (Lipinski definition) is 2. The number of rotatable bonds is 2. The van der Waals surface area contributed by atoms with E-state index in [2.05, 4.69) is 15.3 Å². The van der Waals surface area contributed by atoms with Gasteiger partial charge in [0.1, 0.15) is 5.75 Å². The summed E-state index contributed by atoms with van der Waals surface area (Å²) in [6.07, 6.45) is -0.241. The highest BCUT2D eigenvalue weighted by atomic mass is 16.5. The van der Waals surface area contributed by atoms with Crippen LogP contribution in [0.4, 0.5) is 5.95 Å². The highest BCUT2D eigenvalue weighted by Crippen LogP contribution is 2.32. The van der Waals surface area contributed by atoms with Crippen molar-refractivity contribution in [2.45, 2.75) is 6.17 Å². The second-order valence-electron chi connectivity index (χ2n) is 5.08. The molecular weight excluding hydrogens is 278 g/mol. The molecule has 2 heterocycles. The maximum absolute atomic E-state index is 5.92. The molecule has 1 aliphatic heterocycles. The summed E-state index contributed by atoms with van der Waals surface area (Å²) in [5.74, 6) is 1.88. The normalized spacial score (nSPS) is 16.8. The molecule has 3 aromatic rings. The van der Waals surface area contributed by atoms with Gasteiger partial charge in [-0.3, -0.25) is 9.88 Å². The molecule has 4 rings (SSSR count). The van der Waals surface area contributed by atoms with Gasteiger partial charge in [-0.2, -0.15) is 0 Å². The molecule has 3 N–H and O–H groups in total. The smallest absolute Gasteiger partial charge is 0.212 e. The third kappa shape index (κ3) is 1.88. The lowest BCUT2D eigenvalue weighted by Gasteiger charge is -2.23. The monoisotopic (exact) mass is 293 g/mol. The molecule has 0 saturated heterocycles. The molecule has 6 nitrogen and oxygen atoms in total. The van der Waals surface area contributed by atoms with Crippen LogP contribution >= 0.6 is 0 Å². The van der Waals surface area contributed by atoms with E-state index in [1.165, 1.54) is 0 Å². The number of ether oxygens (including phenoxy) is 1. The van der Waals surface area contributed by atoms with Crippen LogP contribution in [0.1, 0.15) is 11.7 Å². The minimum Gasteiger partial charge on any atom is -0.497 e. The summed E-state index contributed by atoms with van der Waals surface area (Å²) < 4.78 is 7.26. The first-order valence-corrected chi connectivity index (χ1v) is 6.97. The third-order valence-electron chi connectivity index (χ3n) is 3.76. The first-order valence-electron chi connectivity index (χ1n) is 6.97. The molecule has 0 saturated carbocycles. The van der Waals surface area contributed by atoms with Gasteiger partial charge in [0.2, 0.25) is 5.95 Å². The summed E-state index contributed by atoms with van der Waals surface area (Å²) in [5.41, 5.74) is 8.87. The van der Waals surface area contributed by atoms with Crippen LogP contribution in [0.2, 0.25) is 0 Å². The summed E-state index contributed by atoms with van der Waals surface area (Å²) in [7, 11) is 1.65. The molecule has 0 radical (unpaired) electrons. The number of methoxy groups -OCH3 is 1. The van der Waals surface area contributed by atoms with Crippen LogP contribution in [0.15, 0.2) is 53.5 Å². The van der Waals surface area contributed by atoms with E-state index < -0.39 is 0 Å². The predicted octanol–water partition coefficient (Wildman–Crippen LogP) is 2.33. The molecule has 0 bridgehead atoms. The fraction of sp³-hybridized carbons (Fsp3) is 0.125. The van der Waals surface area contributed by atoms with Crippen molar-refractivity contribution in [3.63, 3.8) is 0 Å². The number of nitrogens with two attached hydrogens (primary N) is 1. The SMILES string of the molecule is COc1ccc([C@@H]2N=C(N)Nc3nc4ccccc4n32)cc1. The number of imidazole rings is 1. The Bertz CT molecular complexity index is 866. The molecule has 22 heavy (non-hydrogen) atoms. The average molecular weight is 293 g/mol. The Kier molecular flexibility index (Phi) is 2.75. The average Bonchev–Trinajstić information content (AvgIpc) is 2.92. The summed E-state index contributed by atoms with van der Waals surface area (Å²) in [6.45, 7) is 0. The zero-order valence-electron chi connectivity index (χ0n) is 12.0. The number of para-hydroxylation sites is 2. The van der Waals surface area contributed by atoms with Crippen molar-refractivity contribution in [3.05, 3.63) is 54.1 Å². The summed E-state index contributed by atoms with van der Waals surface area (Å²) in [5, 5.41) is 3.03. The van der Waals surface area contributed by atoms with Gasteiger partial charge in [-0.05, 0) is 29.8 Å². The lowest BCUT2D eigenvalue weighted by molar-refractivity contribution is 0.414. The number of nitrogens with one attached hydrogen (secondary N) is 1. The molecule has 2 aromatic carbocycles. The summed E-state index contributed by atoms with van der Waals surface area (Å²) in [4.78, 5) is 9.12. The van der Waals surface area contributed by atoms with Crippen LogP contribution in [0, 0.1) is 0 Å². The Hall–Kier alpha value is -3.02. The number of aromatic nitrogens is 2. The molecule has 1 aromatic heterocycles. The van der Waals surface area contributed by atoms with E-state index in [4.69, 9.17) is 10.5 Å². The van der Waals surface area contributed by atoms with Gasteiger partial charge in [-0.1, -0.05) is 24.3 Å². The van der Waals surface area contributed by atoms with Gasteiger partial charge in [-0.25, -0.2) is 9.98 Å². The van der Waals surface area contributed by atoms with Crippen molar-refractivity contribution in [1.82, 2.24) is 9.55 Å². The number of aliphatic imine (C=N–C) groups is 1. The second kappa shape index (κ2) is 4.77. The van der Waals surface area contributed by atoms with Gasteiger partial charge in [0.05, 0.1) is 18.1 Å². The Morgan fingerprint density at radius 2 is 1.91 bits per heavy atom. The van der Waals surface area contributed by atoms with Gasteiger partial charge in [0, 0.05) is 0 Å². The first kappa shape index (κ1) is 12.7. The van der Waals surface area contributed by atoms with Crippen molar-refractivity contribution in [3.8, 4) is 5.75 Å². The van der Waals surface area contributed by atoms with E-state index in [1.807, 2.05) is 53.1 Å². The predicted molar refractivity (Wildman–Crippen MR) is 86.1 cm³/mol. The minimum atomic E-state index is -0.241. The largest absolute Gasteiger partial charge is 0.497 e. The Morgan fingerprint density at radius 3 is 2.68 bits per heavy atom. The highest BCUT2D eigenvalue weighted by Gasteiger charge is 2.24. The third-order valence-corrected chi connectivity index (χ3v) is 3.76. The summed E-state index contributed by atoms with van der Waals surface area (Å²) in [6, 6.07) is 15.8. The maximum Gasteiger partial charge on any atom is 0.212 e. The van der Waals surface area contributed by atoms with Gasteiger partial charge < -0.3 is 10.5 Å². The van der Waals surface area contributed by atoms with Crippen LogP contribution in [-0.4, -0.2) is 22.6 Å². The molecule has 0 unspecified atom stereocenters. The van der Waals surface area contributed by atoms with Crippen LogP contribution < -0.4 is 15.8 Å². The number of anilines is 1. The van der Waals surface area contributed by atoms with Crippen molar-refractivity contribution >= 4 is 22.9 Å². The minimum absolute atomic E-state index is 0.241. The maximum atomic E-state index is 5.92. The summed E-state index contributed by atoms with van der Waals surface area (Å²) >= 11 is 0. The number of hydrogen-bond acceptors (Lipinski definition) is 5. The lowest BCUT2D eigenvalue weighted by Crippen LogP contribution is -2.31. The molecule has 0 aliphatic carbocycles. The van der Waals surface area contributed by atoms with Crippen molar-refractivity contribution in [1.29, 1.82) is 0 Å². The quantitative estimate of drug-likeness (QED) is 0.760. The van der Waals surface area contributed by atoms with Crippen molar-refractivity contribution in [2.75, 3.05) is 12.4 Å². The van der Waals surface area contributed by atoms with Crippen molar-refractivity contribution in [2.24, 2.45) is 10.7 Å². The van der Waals surface area contributed by atoms with E-state index in [9.17, 15) is 0 Å². The van der Waals surface area contributed by atoms with Crippen molar-refractivity contribution < 1.29 is 4.74 Å². The van der Waals surface area contributed by atoms with Crippen LogP contribution in [0.25, 0.3) is 11.0 Å². The van der Waals surface area contributed by atoms with E-state index in [1.54, 1.807) is 7.11 Å². The Balaban J connectivity index is 1.89. The fourth-order valence-corrected chi connectivity index (χ4v) is 2.72. The zero-order valence-corrected chi connectivity index (χ0v) is 12.0. The molecule has 0 fully saturated rings. The molecule has 1 aliphatic rings. The zero-order chi connectivity index (χ0) is 15.1. The second-order valence-corrected chi connectivity index (χ2v) is 5.08. The van der Waals surface area contributed by atoms with Gasteiger partial charge in [-0.15, -0.1) is 0 Å². The first-order chi connectivity index (χ1) is 10.8. The number of fused-ring (bicyclic) bond motifs is 3. The van der Waals surface area contributed by atoms with E-state index in [0.29, 0.717) is 11.9 Å². The van der Waals surface area contributed by atoms with Crippen LogP contribution in [-0.2, 0) is 0 Å². The van der Waals surface area contributed by atoms with Gasteiger partial charge in [0.25, 0.3) is 0 Å². The van der Waals surface area contributed by atoms with E-state index >= 15 is 0 Å². The molecule has 0 spiro atoms. The van der Waals surface area contributed by atoms with Gasteiger partial charge in [0.15, 0.2) is 12.1 Å². The Labute approximate surface area is 127 Å². The number of benzene rings is 2. The van der Waals surface area contributed by atoms with Gasteiger partial charge >= 0.3 is 0 Å². The molecular formula is C16H15N5O. The molecule has 0 amide bonds. The topological polar surface area (TPSA) is 77.5 Å².